The summed E-state index contributed by atoms with van der Waals surface area (Å²) < 4.78 is 0. The summed E-state index contributed by atoms with van der Waals surface area (Å²) in [5, 5.41) is 1.95. The van der Waals surface area contributed by atoms with Gasteiger partial charge in [-0.15, -0.1) is 0 Å². The highest BCUT2D eigenvalue weighted by Crippen LogP contribution is 2.11. The van der Waals surface area contributed by atoms with Crippen LogP contribution in [0.2, 0.25) is 0 Å². The summed E-state index contributed by atoms with van der Waals surface area (Å²) in [4.78, 5) is 16.6. The first kappa shape index (κ1) is 19.4. The molecular formula is C25H25N2O+. The Labute approximate surface area is 167 Å². The number of carbonyl (C=O) groups excluding carboxylic acids is 1. The average molecular weight is 369 g/mol. The molecule has 0 aromatic heterocycles. The molecule has 0 unspecified atom stereocenters. The molecule has 0 atom stereocenters. The molecule has 0 fully saturated rings. The van der Waals surface area contributed by atoms with Crippen LogP contribution in [0.15, 0.2) is 91.0 Å². The molecule has 0 spiro atoms. The summed E-state index contributed by atoms with van der Waals surface area (Å²) >= 11 is 0. The zero-order valence-corrected chi connectivity index (χ0v) is 16.0. The summed E-state index contributed by atoms with van der Waals surface area (Å²) in [6, 6.07) is 33.5. The molecule has 0 aliphatic carbocycles. The van der Waals surface area contributed by atoms with Crippen molar-refractivity contribution in [3.05, 3.63) is 113 Å². The van der Waals surface area contributed by atoms with Crippen molar-refractivity contribution < 1.29 is 4.79 Å². The normalized spacial score (nSPS) is 10.0. The highest BCUT2D eigenvalue weighted by molar-refractivity contribution is 5.80. The number of carbonyl (C=O) groups is 1. The van der Waals surface area contributed by atoms with Crippen LogP contribution >= 0.6 is 0 Å². The van der Waals surface area contributed by atoms with Gasteiger partial charge in [0.05, 0.1) is 4.95 Å². The summed E-state index contributed by atoms with van der Waals surface area (Å²) in [5.41, 5.74) is 3.54. The van der Waals surface area contributed by atoms with Gasteiger partial charge in [0.25, 0.3) is 0 Å². The van der Waals surface area contributed by atoms with Gasteiger partial charge in [0.1, 0.15) is 19.5 Å². The summed E-state index contributed by atoms with van der Waals surface area (Å²) in [5.74, 6) is 0.159. The molecule has 0 amide bonds. The van der Waals surface area contributed by atoms with E-state index >= 15 is 0 Å². The van der Waals surface area contributed by atoms with Crippen LogP contribution in [0.5, 0.6) is 0 Å². The Morgan fingerprint density at radius 1 is 0.714 bits per heavy atom. The van der Waals surface area contributed by atoms with Crippen molar-refractivity contribution in [3.63, 3.8) is 0 Å². The number of rotatable bonds is 8. The fourth-order valence-electron chi connectivity index (χ4n) is 2.96. The smallest absolute Gasteiger partial charge is 0.298 e. The first-order valence-electron chi connectivity index (χ1n) is 9.61. The second kappa shape index (κ2) is 10.7. The number of benzene rings is 3. The molecule has 0 saturated heterocycles. The van der Waals surface area contributed by atoms with E-state index in [0.717, 1.165) is 6.42 Å². The van der Waals surface area contributed by atoms with Crippen molar-refractivity contribution in [2.24, 2.45) is 0 Å². The molecule has 0 radical (unpaired) electrons. The first-order valence-corrected chi connectivity index (χ1v) is 9.61. The third-order valence-electron chi connectivity index (χ3n) is 4.44. The van der Waals surface area contributed by atoms with Gasteiger partial charge in [-0.1, -0.05) is 96.0 Å². The average Bonchev–Trinajstić information content (AvgIpc) is 2.74. The molecule has 140 valence electrons. The fourth-order valence-corrected chi connectivity index (χ4v) is 2.96. The molecule has 0 aliphatic rings. The van der Waals surface area contributed by atoms with Crippen molar-refractivity contribution in [2.45, 2.75) is 32.4 Å². The Balaban J connectivity index is 1.58. The maximum absolute atomic E-state index is 12.2. The third-order valence-corrected chi connectivity index (χ3v) is 4.44. The maximum atomic E-state index is 12.2. The molecule has 0 aliphatic heterocycles. The fraction of sp³-hybridized carbons (Fsp3) is 0.200. The summed E-state index contributed by atoms with van der Waals surface area (Å²) in [7, 11) is 0. The Morgan fingerprint density at radius 3 is 1.68 bits per heavy atom. The zero-order chi connectivity index (χ0) is 19.4. The zero-order valence-electron chi connectivity index (χ0n) is 16.0. The standard InChI is InChI=1S/C25H25N2O/c28-25(17-16-22-10-4-1-5-11-22)18-19-26-27(20-23-12-6-2-7-13-23)21-24-14-8-3-9-15-24/h1-15H,16-18,20-21H2/q+1. The number of hydrogen-bond acceptors (Lipinski definition) is 2. The van der Waals surface area contributed by atoms with Crippen LogP contribution in [0.1, 0.15) is 29.5 Å². The number of Topliss-reactive ketones (excluding diaryl/α,β-unsaturated/α-hetero) is 1. The van der Waals surface area contributed by atoms with Gasteiger partial charge >= 0.3 is 6.07 Å². The second-order valence-corrected chi connectivity index (χ2v) is 6.75. The van der Waals surface area contributed by atoms with Crippen LogP contribution in [0.25, 0.3) is 4.95 Å². The molecule has 0 bridgehead atoms. The van der Waals surface area contributed by atoms with Crippen molar-refractivity contribution >= 4 is 5.78 Å². The lowest BCUT2D eigenvalue weighted by Gasteiger charge is -2.07. The molecule has 0 saturated carbocycles. The van der Waals surface area contributed by atoms with E-state index in [1.165, 1.54) is 16.7 Å². The SMILES string of the molecule is O=C(CC#[N+]N(Cc1ccccc1)Cc1ccccc1)CCc1ccccc1. The lowest BCUT2D eigenvalue weighted by atomic mass is 10.1. The van der Waals surface area contributed by atoms with Crippen LogP contribution in [0.3, 0.4) is 0 Å². The quantitative estimate of drug-likeness (QED) is 0.488. The molecule has 3 nitrogen and oxygen atoms in total. The Bertz CT molecular complexity index is 871. The van der Waals surface area contributed by atoms with Crippen LogP contribution in [0, 0.1) is 6.07 Å². The number of hydrogen-bond donors (Lipinski definition) is 0. The van der Waals surface area contributed by atoms with Crippen molar-refractivity contribution in [1.29, 1.82) is 0 Å². The van der Waals surface area contributed by atoms with E-state index in [9.17, 15) is 4.79 Å². The molecule has 0 heterocycles. The van der Waals surface area contributed by atoms with Gasteiger partial charge in [-0.05, 0) is 23.1 Å². The van der Waals surface area contributed by atoms with E-state index < -0.39 is 0 Å². The lowest BCUT2D eigenvalue weighted by Crippen LogP contribution is -2.14. The highest BCUT2D eigenvalue weighted by Gasteiger charge is 2.13. The molecule has 28 heavy (non-hydrogen) atoms. The van der Waals surface area contributed by atoms with E-state index in [1.807, 2.05) is 71.7 Å². The maximum Gasteiger partial charge on any atom is 0.327 e. The van der Waals surface area contributed by atoms with Gasteiger partial charge in [0.15, 0.2) is 5.78 Å². The molecule has 3 heteroatoms. The van der Waals surface area contributed by atoms with Gasteiger partial charge < -0.3 is 0 Å². The largest absolute Gasteiger partial charge is 0.327 e. The Kier molecular flexibility index (Phi) is 7.40. The minimum atomic E-state index is 0.159. The number of nitrogens with zero attached hydrogens (tertiary/aromatic N) is 2. The van der Waals surface area contributed by atoms with E-state index in [4.69, 9.17) is 0 Å². The topological polar surface area (TPSA) is 24.7 Å². The van der Waals surface area contributed by atoms with Gasteiger partial charge in [0.2, 0.25) is 0 Å². The molecule has 0 N–H and O–H groups in total. The minimum Gasteiger partial charge on any atom is -0.298 e. The lowest BCUT2D eigenvalue weighted by molar-refractivity contribution is -0.118. The van der Waals surface area contributed by atoms with Crippen molar-refractivity contribution in [1.82, 2.24) is 5.01 Å². The van der Waals surface area contributed by atoms with E-state index in [1.54, 1.807) is 0 Å². The van der Waals surface area contributed by atoms with Gasteiger partial charge in [0, 0.05) is 6.42 Å². The van der Waals surface area contributed by atoms with Crippen LogP contribution < -0.4 is 0 Å². The summed E-state index contributed by atoms with van der Waals surface area (Å²) in [6.45, 7) is 1.36. The third kappa shape index (κ3) is 6.74. The van der Waals surface area contributed by atoms with Gasteiger partial charge in [-0.25, -0.2) is 0 Å². The first-order chi connectivity index (χ1) is 13.8. The van der Waals surface area contributed by atoms with Crippen molar-refractivity contribution in [2.75, 3.05) is 0 Å². The van der Waals surface area contributed by atoms with Crippen LogP contribution in [-0.2, 0) is 24.3 Å². The predicted molar refractivity (Wildman–Crippen MR) is 114 cm³/mol. The van der Waals surface area contributed by atoms with Gasteiger partial charge in [-0.3, -0.25) is 4.79 Å². The minimum absolute atomic E-state index is 0.159. The van der Waals surface area contributed by atoms with Crippen molar-refractivity contribution in [3.8, 4) is 6.07 Å². The number of ketones is 1. The monoisotopic (exact) mass is 369 g/mol. The Hall–Kier alpha value is -3.38. The molecular weight excluding hydrogens is 344 g/mol. The number of aryl methyl sites for hydroxylation is 1. The van der Waals surface area contributed by atoms with E-state index in [2.05, 4.69) is 35.3 Å². The highest BCUT2D eigenvalue weighted by atomic mass is 16.1. The van der Waals surface area contributed by atoms with Gasteiger partial charge in [-0.2, -0.15) is 0 Å². The van der Waals surface area contributed by atoms with E-state index in [-0.39, 0.29) is 12.2 Å². The second-order valence-electron chi connectivity index (χ2n) is 6.75. The Morgan fingerprint density at radius 2 is 1.18 bits per heavy atom. The molecule has 3 rings (SSSR count). The molecule has 3 aromatic rings. The molecule has 3 aromatic carbocycles. The van der Waals surface area contributed by atoms with Crippen LogP contribution in [0.4, 0.5) is 0 Å². The van der Waals surface area contributed by atoms with Crippen LogP contribution in [-0.4, -0.2) is 10.8 Å². The predicted octanol–water partition coefficient (Wildman–Crippen LogP) is 5.53. The van der Waals surface area contributed by atoms with E-state index in [0.29, 0.717) is 19.5 Å². The summed E-state index contributed by atoms with van der Waals surface area (Å²) in [6.07, 6.45) is 1.52.